The molecule has 2 bridgehead atoms. The number of benzene rings is 1. The van der Waals surface area contributed by atoms with Crippen molar-refractivity contribution in [3.8, 4) is 5.75 Å². The largest absolute Gasteiger partial charge is 0.478 e. The summed E-state index contributed by atoms with van der Waals surface area (Å²) in [6, 6.07) is 7.24. The zero-order valence-electron chi connectivity index (χ0n) is 14.3. The lowest BCUT2D eigenvalue weighted by molar-refractivity contribution is -0.129. The Bertz CT molecular complexity index is 779. The van der Waals surface area contributed by atoms with Gasteiger partial charge in [0, 0.05) is 19.0 Å². The molecular weight excluding hydrogens is 340 g/mol. The highest BCUT2D eigenvalue weighted by molar-refractivity contribution is 7.92. The van der Waals surface area contributed by atoms with Crippen LogP contribution in [0.1, 0.15) is 32.1 Å². The number of nitrogens with one attached hydrogen (secondary N) is 1. The highest BCUT2D eigenvalue weighted by Crippen LogP contribution is 2.44. The van der Waals surface area contributed by atoms with Crippen molar-refractivity contribution in [3.63, 3.8) is 0 Å². The number of amides is 1. The van der Waals surface area contributed by atoms with Crippen LogP contribution in [0.5, 0.6) is 5.75 Å². The third-order valence-corrected chi connectivity index (χ3v) is 6.94. The van der Waals surface area contributed by atoms with Gasteiger partial charge in [0.25, 0.3) is 5.91 Å². The van der Waals surface area contributed by atoms with E-state index in [1.165, 1.54) is 29.8 Å². The van der Waals surface area contributed by atoms with Crippen molar-refractivity contribution in [1.82, 2.24) is 5.32 Å². The minimum absolute atomic E-state index is 0.122. The minimum Gasteiger partial charge on any atom is -0.478 e. The average molecular weight is 364 g/mol. The van der Waals surface area contributed by atoms with Gasteiger partial charge in [0.1, 0.15) is 5.75 Å². The van der Waals surface area contributed by atoms with E-state index in [0.29, 0.717) is 23.8 Å². The van der Waals surface area contributed by atoms with Crippen LogP contribution >= 0.6 is 0 Å². The van der Waals surface area contributed by atoms with Crippen LogP contribution in [0.4, 0.5) is 5.69 Å². The van der Waals surface area contributed by atoms with E-state index < -0.39 is 16.1 Å². The Balaban J connectivity index is 1.52. The van der Waals surface area contributed by atoms with E-state index >= 15 is 0 Å². The Morgan fingerprint density at radius 3 is 2.68 bits per heavy atom. The maximum absolute atomic E-state index is 12.7. The molecule has 6 nitrogen and oxygen atoms in total. The van der Waals surface area contributed by atoms with Crippen LogP contribution in [-0.2, 0) is 14.8 Å². The normalized spacial score (nSPS) is 31.2. The number of rotatable bonds is 3. The molecule has 7 heteroatoms. The van der Waals surface area contributed by atoms with E-state index in [-0.39, 0.29) is 18.5 Å². The lowest BCUT2D eigenvalue weighted by Crippen LogP contribution is -2.46. The number of nitrogens with zero attached hydrogens (tertiary/aromatic N) is 1. The first-order chi connectivity index (χ1) is 11.9. The predicted molar refractivity (Wildman–Crippen MR) is 95.0 cm³/mol. The molecule has 4 atom stereocenters. The van der Waals surface area contributed by atoms with Gasteiger partial charge in [-0.25, -0.2) is 8.42 Å². The van der Waals surface area contributed by atoms with Crippen molar-refractivity contribution in [2.24, 2.45) is 11.8 Å². The van der Waals surface area contributed by atoms with Crippen LogP contribution in [-0.4, -0.2) is 39.3 Å². The van der Waals surface area contributed by atoms with Crippen LogP contribution in [0.2, 0.25) is 0 Å². The number of anilines is 1. The van der Waals surface area contributed by atoms with Crippen molar-refractivity contribution in [3.05, 3.63) is 24.3 Å². The summed E-state index contributed by atoms with van der Waals surface area (Å²) in [5.74, 6) is 1.67. The molecule has 1 aromatic carbocycles. The van der Waals surface area contributed by atoms with Gasteiger partial charge < -0.3 is 10.1 Å². The summed E-state index contributed by atoms with van der Waals surface area (Å²) in [6.07, 6.45) is 5.64. The van der Waals surface area contributed by atoms with E-state index in [4.69, 9.17) is 4.74 Å². The lowest BCUT2D eigenvalue weighted by atomic mass is 9.95. The highest BCUT2D eigenvalue weighted by atomic mass is 32.2. The molecule has 0 saturated heterocycles. The molecule has 2 fully saturated rings. The molecule has 1 aromatic rings. The summed E-state index contributed by atoms with van der Waals surface area (Å²) in [5.41, 5.74) is 0.500. The summed E-state index contributed by atoms with van der Waals surface area (Å²) in [5, 5.41) is 3.16. The molecular formula is C18H24N2O4S. The standard InChI is InChI=1S/C18H24N2O4S/c1-25(22,23)20-9-8-17(24-16-5-3-2-4-15(16)20)18(21)19-14-11-12-6-7-13(14)10-12/h2-5,12-14,17H,6-11H2,1H3,(H,19,21)/t12-,13-,14+,17-/m0/s1. The Morgan fingerprint density at radius 2 is 2.00 bits per heavy atom. The molecule has 1 heterocycles. The number of fused-ring (bicyclic) bond motifs is 3. The molecule has 25 heavy (non-hydrogen) atoms. The first kappa shape index (κ1) is 16.7. The second-order valence-electron chi connectivity index (χ2n) is 7.49. The van der Waals surface area contributed by atoms with E-state index in [9.17, 15) is 13.2 Å². The van der Waals surface area contributed by atoms with Gasteiger partial charge in [-0.05, 0) is 43.2 Å². The molecule has 4 rings (SSSR count). The molecule has 1 amide bonds. The van der Waals surface area contributed by atoms with Crippen LogP contribution < -0.4 is 14.4 Å². The van der Waals surface area contributed by atoms with Gasteiger partial charge in [0.05, 0.1) is 11.9 Å². The van der Waals surface area contributed by atoms with Crippen molar-refractivity contribution in [1.29, 1.82) is 0 Å². The van der Waals surface area contributed by atoms with Crippen LogP contribution in [0, 0.1) is 11.8 Å². The summed E-state index contributed by atoms with van der Waals surface area (Å²) >= 11 is 0. The molecule has 2 saturated carbocycles. The second kappa shape index (κ2) is 6.20. The number of hydrogen-bond acceptors (Lipinski definition) is 4. The molecule has 3 aliphatic rings. The fourth-order valence-electron chi connectivity index (χ4n) is 4.56. The van der Waals surface area contributed by atoms with Gasteiger partial charge in [-0.3, -0.25) is 9.10 Å². The number of carbonyl (C=O) groups excluding carboxylic acids is 1. The number of hydrogen-bond donors (Lipinski definition) is 1. The topological polar surface area (TPSA) is 75.7 Å². The Hall–Kier alpha value is -1.76. The van der Waals surface area contributed by atoms with E-state index in [1.54, 1.807) is 24.3 Å². The summed E-state index contributed by atoms with van der Waals surface area (Å²) in [6.45, 7) is 0.241. The summed E-state index contributed by atoms with van der Waals surface area (Å²) in [4.78, 5) is 12.7. The van der Waals surface area contributed by atoms with Gasteiger partial charge in [0.15, 0.2) is 6.10 Å². The Kier molecular flexibility index (Phi) is 4.14. The Labute approximate surface area is 148 Å². The van der Waals surface area contributed by atoms with E-state index in [2.05, 4.69) is 5.32 Å². The molecule has 0 spiro atoms. The second-order valence-corrected chi connectivity index (χ2v) is 9.39. The number of sulfonamides is 1. The average Bonchev–Trinajstić information content (AvgIpc) is 3.10. The third-order valence-electron chi connectivity index (χ3n) is 5.76. The molecule has 0 radical (unpaired) electrons. The molecule has 0 unspecified atom stereocenters. The molecule has 2 aliphatic carbocycles. The van der Waals surface area contributed by atoms with Gasteiger partial charge in [0.2, 0.25) is 10.0 Å². The monoisotopic (exact) mass is 364 g/mol. The lowest BCUT2D eigenvalue weighted by Gasteiger charge is -2.25. The highest BCUT2D eigenvalue weighted by Gasteiger charge is 2.41. The quantitative estimate of drug-likeness (QED) is 0.889. The number of para-hydroxylation sites is 2. The predicted octanol–water partition coefficient (Wildman–Crippen LogP) is 1.91. The zero-order valence-corrected chi connectivity index (χ0v) is 15.2. The van der Waals surface area contributed by atoms with Crippen molar-refractivity contribution in [2.75, 3.05) is 17.1 Å². The number of carbonyl (C=O) groups is 1. The number of ether oxygens (including phenoxy) is 1. The van der Waals surface area contributed by atoms with E-state index in [0.717, 1.165) is 12.3 Å². The summed E-state index contributed by atoms with van der Waals surface area (Å²) < 4.78 is 31.5. The van der Waals surface area contributed by atoms with Gasteiger partial charge in [-0.15, -0.1) is 0 Å². The molecule has 0 aromatic heterocycles. The maximum Gasteiger partial charge on any atom is 0.261 e. The van der Waals surface area contributed by atoms with Crippen molar-refractivity contribution < 1.29 is 17.9 Å². The zero-order chi connectivity index (χ0) is 17.6. The van der Waals surface area contributed by atoms with Gasteiger partial charge >= 0.3 is 0 Å². The molecule has 1 N–H and O–H groups in total. The first-order valence-corrected chi connectivity index (χ1v) is 10.8. The van der Waals surface area contributed by atoms with Gasteiger partial charge in [-0.1, -0.05) is 18.6 Å². The van der Waals surface area contributed by atoms with Crippen LogP contribution in [0.25, 0.3) is 0 Å². The Morgan fingerprint density at radius 1 is 1.20 bits per heavy atom. The maximum atomic E-state index is 12.7. The van der Waals surface area contributed by atoms with Crippen molar-refractivity contribution >= 4 is 21.6 Å². The van der Waals surface area contributed by atoms with Crippen LogP contribution in [0.3, 0.4) is 0 Å². The first-order valence-electron chi connectivity index (χ1n) is 8.95. The fraction of sp³-hybridized carbons (Fsp3) is 0.611. The molecule has 136 valence electrons. The minimum atomic E-state index is -3.42. The van der Waals surface area contributed by atoms with Crippen molar-refractivity contribution in [2.45, 2.75) is 44.2 Å². The fourth-order valence-corrected chi connectivity index (χ4v) is 5.50. The third kappa shape index (κ3) is 3.21. The summed E-state index contributed by atoms with van der Waals surface area (Å²) in [7, 11) is -3.42. The van der Waals surface area contributed by atoms with Gasteiger partial charge in [-0.2, -0.15) is 0 Å². The smallest absolute Gasteiger partial charge is 0.261 e. The molecule has 1 aliphatic heterocycles. The van der Waals surface area contributed by atoms with Crippen LogP contribution in [0.15, 0.2) is 24.3 Å². The van der Waals surface area contributed by atoms with E-state index in [1.807, 2.05) is 0 Å². The SMILES string of the molecule is CS(=O)(=O)N1CC[C@@H](C(=O)N[C@@H]2C[C@H]3CC[C@H]2C3)Oc2ccccc21.